The summed E-state index contributed by atoms with van der Waals surface area (Å²) in [6.07, 6.45) is -2.29. The van der Waals surface area contributed by atoms with Crippen molar-refractivity contribution in [2.24, 2.45) is 11.7 Å². The van der Waals surface area contributed by atoms with Gasteiger partial charge < -0.3 is 5.73 Å². The molecular weight excluding hydrogens is 297 g/mol. The molecule has 1 aliphatic carbocycles. The van der Waals surface area contributed by atoms with Crippen molar-refractivity contribution in [2.75, 3.05) is 0 Å². The summed E-state index contributed by atoms with van der Waals surface area (Å²) in [6, 6.07) is 0. The van der Waals surface area contributed by atoms with Crippen LogP contribution < -0.4 is 5.73 Å². The predicted octanol–water partition coefficient (Wildman–Crippen LogP) is 4.43. The van der Waals surface area contributed by atoms with E-state index in [9.17, 15) is 13.2 Å². The van der Waals surface area contributed by atoms with Gasteiger partial charge in [0, 0.05) is 22.8 Å². The quantitative estimate of drug-likeness (QED) is 0.875. The average Bonchev–Trinajstić information content (AvgIpc) is 2.75. The van der Waals surface area contributed by atoms with E-state index in [4.69, 9.17) is 5.73 Å². The van der Waals surface area contributed by atoms with Crippen molar-refractivity contribution in [2.45, 2.75) is 70.0 Å². The fourth-order valence-electron chi connectivity index (χ4n) is 2.87. The molecule has 2 atom stereocenters. The molecular formula is C15H23F3N2S. The first-order chi connectivity index (χ1) is 9.50. The number of alkyl halides is 3. The van der Waals surface area contributed by atoms with Crippen LogP contribution in [0.15, 0.2) is 5.38 Å². The van der Waals surface area contributed by atoms with E-state index in [1.165, 1.54) is 11.3 Å². The van der Waals surface area contributed by atoms with Crippen LogP contribution in [-0.4, -0.2) is 16.7 Å². The zero-order chi connectivity index (χ0) is 15.9. The van der Waals surface area contributed by atoms with E-state index in [1.807, 2.05) is 5.38 Å². The Morgan fingerprint density at radius 1 is 1.38 bits per heavy atom. The number of rotatable bonds is 2. The van der Waals surface area contributed by atoms with E-state index >= 15 is 0 Å². The van der Waals surface area contributed by atoms with Crippen LogP contribution in [-0.2, 0) is 11.8 Å². The zero-order valence-corrected chi connectivity index (χ0v) is 13.6. The monoisotopic (exact) mass is 320 g/mol. The third-order valence-electron chi connectivity index (χ3n) is 4.17. The fraction of sp³-hybridized carbons (Fsp3) is 0.800. The minimum atomic E-state index is -4.13. The van der Waals surface area contributed by atoms with Crippen molar-refractivity contribution >= 4 is 11.3 Å². The Morgan fingerprint density at radius 2 is 2.05 bits per heavy atom. The van der Waals surface area contributed by atoms with Gasteiger partial charge in [-0.3, -0.25) is 0 Å². The Labute approximate surface area is 128 Å². The standard InChI is InChI=1S/C15H23F3N2S/c1-13(2,3)11-9-21-12(20-11)8-14(19)6-4-5-10(7-14)15(16,17)18/h9-10H,4-8,19H2,1-3H3. The lowest BCUT2D eigenvalue weighted by molar-refractivity contribution is -0.187. The summed E-state index contributed by atoms with van der Waals surface area (Å²) in [6.45, 7) is 6.22. The largest absolute Gasteiger partial charge is 0.391 e. The molecule has 1 aromatic rings. The highest BCUT2D eigenvalue weighted by Crippen LogP contribution is 2.42. The van der Waals surface area contributed by atoms with E-state index in [0.717, 1.165) is 10.7 Å². The number of hydrogen-bond acceptors (Lipinski definition) is 3. The summed E-state index contributed by atoms with van der Waals surface area (Å²) >= 11 is 1.50. The van der Waals surface area contributed by atoms with Crippen LogP contribution in [0.25, 0.3) is 0 Å². The molecule has 0 saturated heterocycles. The van der Waals surface area contributed by atoms with Gasteiger partial charge in [0.1, 0.15) is 0 Å². The predicted molar refractivity (Wildman–Crippen MR) is 79.4 cm³/mol. The zero-order valence-electron chi connectivity index (χ0n) is 12.8. The van der Waals surface area contributed by atoms with Crippen molar-refractivity contribution in [3.8, 4) is 0 Å². The van der Waals surface area contributed by atoms with Crippen LogP contribution >= 0.6 is 11.3 Å². The van der Waals surface area contributed by atoms with Crippen LogP contribution in [0.2, 0.25) is 0 Å². The summed E-state index contributed by atoms with van der Waals surface area (Å²) in [4.78, 5) is 4.57. The van der Waals surface area contributed by atoms with Gasteiger partial charge in [0.25, 0.3) is 0 Å². The summed E-state index contributed by atoms with van der Waals surface area (Å²) in [5.41, 5.74) is 6.43. The van der Waals surface area contributed by atoms with Gasteiger partial charge >= 0.3 is 6.18 Å². The minimum Gasteiger partial charge on any atom is -0.325 e. The maximum Gasteiger partial charge on any atom is 0.391 e. The summed E-state index contributed by atoms with van der Waals surface area (Å²) in [5, 5.41) is 2.84. The molecule has 1 aromatic heterocycles. The Hall–Kier alpha value is -0.620. The van der Waals surface area contributed by atoms with Crippen molar-refractivity contribution < 1.29 is 13.2 Å². The molecule has 2 nitrogen and oxygen atoms in total. The van der Waals surface area contributed by atoms with Gasteiger partial charge in [0.05, 0.1) is 16.6 Å². The smallest absolute Gasteiger partial charge is 0.325 e. The summed E-state index contributed by atoms with van der Waals surface area (Å²) in [7, 11) is 0. The number of halogens is 3. The molecule has 0 aromatic carbocycles. The SMILES string of the molecule is CC(C)(C)c1csc(CC2(N)CCCC(C(F)(F)F)C2)n1. The first kappa shape index (κ1) is 16.7. The Balaban J connectivity index is 2.09. The molecule has 21 heavy (non-hydrogen) atoms. The van der Waals surface area contributed by atoms with Crippen LogP contribution in [0, 0.1) is 5.92 Å². The van der Waals surface area contributed by atoms with Gasteiger partial charge in [-0.1, -0.05) is 27.2 Å². The van der Waals surface area contributed by atoms with E-state index < -0.39 is 17.6 Å². The highest BCUT2D eigenvalue weighted by atomic mass is 32.1. The lowest BCUT2D eigenvalue weighted by Gasteiger charge is -2.38. The fourth-order valence-corrected chi connectivity index (χ4v) is 4.05. The Bertz CT molecular complexity index is 490. The molecule has 0 bridgehead atoms. The van der Waals surface area contributed by atoms with Crippen molar-refractivity contribution in [1.82, 2.24) is 4.98 Å². The maximum absolute atomic E-state index is 12.9. The summed E-state index contributed by atoms with van der Waals surface area (Å²) < 4.78 is 38.7. The van der Waals surface area contributed by atoms with Crippen LogP contribution in [0.5, 0.6) is 0 Å². The van der Waals surface area contributed by atoms with Gasteiger partial charge in [-0.2, -0.15) is 13.2 Å². The number of hydrogen-bond donors (Lipinski definition) is 1. The molecule has 120 valence electrons. The molecule has 2 N–H and O–H groups in total. The topological polar surface area (TPSA) is 38.9 Å². The lowest BCUT2D eigenvalue weighted by Crippen LogP contribution is -2.48. The van der Waals surface area contributed by atoms with Gasteiger partial charge in [-0.05, 0) is 19.3 Å². The van der Waals surface area contributed by atoms with Crippen LogP contribution in [0.3, 0.4) is 0 Å². The van der Waals surface area contributed by atoms with E-state index in [-0.39, 0.29) is 18.3 Å². The average molecular weight is 320 g/mol. The van der Waals surface area contributed by atoms with E-state index in [2.05, 4.69) is 25.8 Å². The highest BCUT2D eigenvalue weighted by Gasteiger charge is 2.46. The molecule has 2 unspecified atom stereocenters. The molecule has 1 heterocycles. The van der Waals surface area contributed by atoms with Gasteiger partial charge in [-0.25, -0.2) is 4.98 Å². The number of nitrogens with two attached hydrogens (primary N) is 1. The van der Waals surface area contributed by atoms with Crippen molar-refractivity contribution in [3.05, 3.63) is 16.1 Å². The van der Waals surface area contributed by atoms with Crippen LogP contribution in [0.4, 0.5) is 13.2 Å². The molecule has 0 radical (unpaired) electrons. The Kier molecular flexibility index (Phi) is 4.42. The third-order valence-corrected chi connectivity index (χ3v) is 5.02. The molecule has 2 rings (SSSR count). The number of thiazole rings is 1. The normalized spacial score (nSPS) is 27.9. The highest BCUT2D eigenvalue weighted by molar-refractivity contribution is 7.09. The molecule has 1 saturated carbocycles. The first-order valence-electron chi connectivity index (χ1n) is 7.30. The maximum atomic E-state index is 12.9. The molecule has 1 aliphatic rings. The second-order valence-corrected chi connectivity index (χ2v) is 8.19. The third kappa shape index (κ3) is 4.19. The minimum absolute atomic E-state index is 0.0148. The molecule has 1 fully saturated rings. The van der Waals surface area contributed by atoms with E-state index in [0.29, 0.717) is 19.3 Å². The second kappa shape index (κ2) is 5.54. The Morgan fingerprint density at radius 3 is 2.57 bits per heavy atom. The van der Waals surface area contributed by atoms with E-state index in [1.54, 1.807) is 0 Å². The van der Waals surface area contributed by atoms with Crippen LogP contribution in [0.1, 0.15) is 57.2 Å². The number of nitrogens with zero attached hydrogens (tertiary/aromatic N) is 1. The number of aromatic nitrogens is 1. The molecule has 6 heteroatoms. The van der Waals surface area contributed by atoms with Gasteiger partial charge in [-0.15, -0.1) is 11.3 Å². The molecule has 0 aliphatic heterocycles. The molecule has 0 spiro atoms. The summed E-state index contributed by atoms with van der Waals surface area (Å²) in [5.74, 6) is -1.27. The van der Waals surface area contributed by atoms with Crippen molar-refractivity contribution in [1.29, 1.82) is 0 Å². The van der Waals surface area contributed by atoms with Crippen molar-refractivity contribution in [3.63, 3.8) is 0 Å². The second-order valence-electron chi connectivity index (χ2n) is 7.25. The van der Waals surface area contributed by atoms with Gasteiger partial charge in [0.15, 0.2) is 0 Å². The first-order valence-corrected chi connectivity index (χ1v) is 8.18. The lowest BCUT2D eigenvalue weighted by atomic mass is 9.74. The van der Waals surface area contributed by atoms with Gasteiger partial charge in [0.2, 0.25) is 0 Å². The molecule has 0 amide bonds.